The summed E-state index contributed by atoms with van der Waals surface area (Å²) in [6.07, 6.45) is 4.30. The molecule has 5 heteroatoms. The fraction of sp³-hybridized carbons (Fsp3) is 0.818. The Hall–Kier alpha value is -1.10. The molecule has 92 valence electrons. The maximum atomic E-state index is 10.1. The molecule has 2 aliphatic heterocycles. The van der Waals surface area contributed by atoms with Crippen LogP contribution in [0.2, 0.25) is 0 Å². The molecule has 16 heavy (non-hydrogen) atoms. The molecule has 0 bridgehead atoms. The molecule has 5 nitrogen and oxygen atoms in total. The van der Waals surface area contributed by atoms with E-state index >= 15 is 0 Å². The normalized spacial score (nSPS) is 20.1. The highest BCUT2D eigenvalue weighted by atomic mass is 16.5. The van der Waals surface area contributed by atoms with Crippen molar-refractivity contribution >= 4 is 11.9 Å². The Balaban J connectivity index is 0.000000181. The first-order valence-electron chi connectivity index (χ1n) is 5.78. The van der Waals surface area contributed by atoms with E-state index in [9.17, 15) is 9.59 Å². The molecule has 0 aromatic carbocycles. The van der Waals surface area contributed by atoms with Gasteiger partial charge in [-0.05, 0) is 32.4 Å². The van der Waals surface area contributed by atoms with E-state index < -0.39 is 5.97 Å². The fourth-order valence-electron chi connectivity index (χ4n) is 1.73. The summed E-state index contributed by atoms with van der Waals surface area (Å²) in [5, 5.41) is 8.35. The van der Waals surface area contributed by atoms with Crippen molar-refractivity contribution in [1.82, 2.24) is 4.90 Å². The monoisotopic (exact) mass is 229 g/mol. The molecule has 2 rings (SSSR count). The van der Waals surface area contributed by atoms with Crippen LogP contribution in [0.1, 0.15) is 32.1 Å². The third-order valence-corrected chi connectivity index (χ3v) is 2.63. The second-order valence-corrected chi connectivity index (χ2v) is 4.02. The van der Waals surface area contributed by atoms with Crippen LogP contribution in [0.3, 0.4) is 0 Å². The van der Waals surface area contributed by atoms with Crippen LogP contribution in [0.15, 0.2) is 0 Å². The summed E-state index contributed by atoms with van der Waals surface area (Å²) < 4.78 is 4.51. The number of esters is 1. The first-order chi connectivity index (χ1) is 7.68. The molecule has 0 aromatic heterocycles. The quantitative estimate of drug-likeness (QED) is 0.728. The Kier molecular flexibility index (Phi) is 5.85. The highest BCUT2D eigenvalue weighted by Gasteiger charge is 2.11. The lowest BCUT2D eigenvalue weighted by Gasteiger charge is -2.11. The first kappa shape index (κ1) is 13.0. The predicted molar refractivity (Wildman–Crippen MR) is 58.1 cm³/mol. The Labute approximate surface area is 95.4 Å². The minimum atomic E-state index is -0.688. The van der Waals surface area contributed by atoms with Crippen LogP contribution in [-0.4, -0.2) is 48.2 Å². The molecular formula is C11H19NO4. The number of aliphatic carboxylic acids is 1. The van der Waals surface area contributed by atoms with Crippen LogP contribution in [-0.2, 0) is 14.3 Å². The van der Waals surface area contributed by atoms with Gasteiger partial charge in [-0.1, -0.05) is 0 Å². The van der Waals surface area contributed by atoms with E-state index in [1.54, 1.807) is 0 Å². The molecule has 0 atom stereocenters. The Morgan fingerprint density at radius 1 is 1.31 bits per heavy atom. The number of ether oxygens (including phenoxy) is 1. The Morgan fingerprint density at radius 2 is 2.00 bits per heavy atom. The molecule has 2 heterocycles. The average Bonchev–Trinajstić information content (AvgIpc) is 2.88. The number of rotatable bonds is 3. The van der Waals surface area contributed by atoms with Gasteiger partial charge in [0.15, 0.2) is 0 Å². The van der Waals surface area contributed by atoms with E-state index in [1.165, 1.54) is 12.8 Å². The van der Waals surface area contributed by atoms with Crippen LogP contribution in [0.4, 0.5) is 0 Å². The number of hydrogen-bond acceptors (Lipinski definition) is 4. The van der Waals surface area contributed by atoms with E-state index in [0.29, 0.717) is 19.4 Å². The lowest BCUT2D eigenvalue weighted by molar-refractivity contribution is -0.138. The molecule has 0 amide bonds. The number of nitrogens with zero attached hydrogens (tertiary/aromatic N) is 1. The zero-order valence-corrected chi connectivity index (χ0v) is 9.48. The van der Waals surface area contributed by atoms with Crippen LogP contribution >= 0.6 is 0 Å². The standard InChI is InChI=1S/C7H13NO2.C4H6O2/c9-7(10)3-6-8-4-1-2-5-8;5-4-2-1-3-6-4/h1-6H2,(H,9,10);1-3H2. The third kappa shape index (κ3) is 5.70. The molecule has 2 aliphatic rings. The molecule has 0 aliphatic carbocycles. The Bertz CT molecular complexity index is 228. The molecule has 0 spiro atoms. The van der Waals surface area contributed by atoms with Crippen molar-refractivity contribution in [2.75, 3.05) is 26.2 Å². The molecular weight excluding hydrogens is 210 g/mol. The van der Waals surface area contributed by atoms with Gasteiger partial charge in [-0.2, -0.15) is 0 Å². The molecule has 1 N–H and O–H groups in total. The van der Waals surface area contributed by atoms with Gasteiger partial charge >= 0.3 is 11.9 Å². The minimum absolute atomic E-state index is 0.0463. The maximum absolute atomic E-state index is 10.1. The summed E-state index contributed by atoms with van der Waals surface area (Å²) in [4.78, 5) is 22.4. The largest absolute Gasteiger partial charge is 0.481 e. The van der Waals surface area contributed by atoms with Gasteiger partial charge in [0.1, 0.15) is 0 Å². The lowest BCUT2D eigenvalue weighted by atomic mass is 10.4. The van der Waals surface area contributed by atoms with Gasteiger partial charge in [-0.3, -0.25) is 9.59 Å². The van der Waals surface area contributed by atoms with Gasteiger partial charge in [0.05, 0.1) is 13.0 Å². The molecule has 0 aromatic rings. The van der Waals surface area contributed by atoms with Crippen molar-refractivity contribution in [2.45, 2.75) is 32.1 Å². The average molecular weight is 229 g/mol. The zero-order chi connectivity index (χ0) is 11.8. The number of carbonyl (C=O) groups is 2. The predicted octanol–water partition coefficient (Wildman–Crippen LogP) is 0.880. The van der Waals surface area contributed by atoms with E-state index in [2.05, 4.69) is 9.64 Å². The topological polar surface area (TPSA) is 66.8 Å². The first-order valence-corrected chi connectivity index (χ1v) is 5.78. The second-order valence-electron chi connectivity index (χ2n) is 4.02. The number of hydrogen-bond donors (Lipinski definition) is 1. The zero-order valence-electron chi connectivity index (χ0n) is 9.48. The van der Waals surface area contributed by atoms with Crippen LogP contribution in [0, 0.1) is 0 Å². The SMILES string of the molecule is O=C(O)CCN1CCCC1.O=C1CCCO1. The van der Waals surface area contributed by atoms with E-state index in [-0.39, 0.29) is 5.97 Å². The number of likely N-dealkylation sites (tertiary alicyclic amines) is 1. The van der Waals surface area contributed by atoms with Crippen LogP contribution in [0.5, 0.6) is 0 Å². The lowest BCUT2D eigenvalue weighted by Crippen LogP contribution is -2.22. The molecule has 0 saturated carbocycles. The summed E-state index contributed by atoms with van der Waals surface area (Å²) in [5.41, 5.74) is 0. The number of carboxylic acid groups (broad SMARTS) is 1. The van der Waals surface area contributed by atoms with Gasteiger partial charge in [0, 0.05) is 13.0 Å². The molecule has 2 fully saturated rings. The van der Waals surface area contributed by atoms with E-state index in [0.717, 1.165) is 26.1 Å². The smallest absolute Gasteiger partial charge is 0.305 e. The van der Waals surface area contributed by atoms with Gasteiger partial charge in [-0.15, -0.1) is 0 Å². The third-order valence-electron chi connectivity index (χ3n) is 2.63. The number of carboxylic acids is 1. The van der Waals surface area contributed by atoms with Crippen LogP contribution < -0.4 is 0 Å². The highest BCUT2D eigenvalue weighted by Crippen LogP contribution is 2.06. The summed E-state index contributed by atoms with van der Waals surface area (Å²) in [5.74, 6) is -0.734. The van der Waals surface area contributed by atoms with Gasteiger partial charge in [0.25, 0.3) is 0 Å². The second kappa shape index (κ2) is 7.22. The highest BCUT2D eigenvalue weighted by molar-refractivity contribution is 5.70. The summed E-state index contributed by atoms with van der Waals surface area (Å²) in [7, 11) is 0. The van der Waals surface area contributed by atoms with Gasteiger partial charge < -0.3 is 14.7 Å². The van der Waals surface area contributed by atoms with Crippen molar-refractivity contribution < 1.29 is 19.4 Å². The van der Waals surface area contributed by atoms with Crippen molar-refractivity contribution in [1.29, 1.82) is 0 Å². The van der Waals surface area contributed by atoms with E-state index in [4.69, 9.17) is 5.11 Å². The number of cyclic esters (lactones) is 1. The van der Waals surface area contributed by atoms with Crippen LogP contribution in [0.25, 0.3) is 0 Å². The van der Waals surface area contributed by atoms with Gasteiger partial charge in [0.2, 0.25) is 0 Å². The summed E-state index contributed by atoms with van der Waals surface area (Å²) in [6.45, 7) is 3.55. The summed E-state index contributed by atoms with van der Waals surface area (Å²) in [6, 6.07) is 0. The maximum Gasteiger partial charge on any atom is 0.305 e. The van der Waals surface area contributed by atoms with E-state index in [1.807, 2.05) is 0 Å². The Morgan fingerprint density at radius 3 is 2.38 bits per heavy atom. The molecule has 2 saturated heterocycles. The van der Waals surface area contributed by atoms with Crippen molar-refractivity contribution in [3.05, 3.63) is 0 Å². The van der Waals surface area contributed by atoms with Crippen molar-refractivity contribution in [3.8, 4) is 0 Å². The fourth-order valence-corrected chi connectivity index (χ4v) is 1.73. The number of carbonyl (C=O) groups excluding carboxylic acids is 1. The van der Waals surface area contributed by atoms with Gasteiger partial charge in [-0.25, -0.2) is 0 Å². The molecule has 0 radical (unpaired) electrons. The summed E-state index contributed by atoms with van der Waals surface area (Å²) >= 11 is 0. The molecule has 0 unspecified atom stereocenters. The minimum Gasteiger partial charge on any atom is -0.481 e. The van der Waals surface area contributed by atoms with Crippen molar-refractivity contribution in [2.24, 2.45) is 0 Å². The van der Waals surface area contributed by atoms with Crippen molar-refractivity contribution in [3.63, 3.8) is 0 Å².